The first-order chi connectivity index (χ1) is 12.7. The molecule has 3 aromatic carbocycles. The van der Waals surface area contributed by atoms with Crippen molar-refractivity contribution in [2.75, 3.05) is 0 Å². The Morgan fingerprint density at radius 2 is 1.65 bits per heavy atom. The molecule has 0 spiro atoms. The molecule has 0 bridgehead atoms. The zero-order chi connectivity index (χ0) is 18.4. The summed E-state index contributed by atoms with van der Waals surface area (Å²) in [6, 6.07) is 21.6. The number of hydrogen-bond donors (Lipinski definition) is 0. The van der Waals surface area contributed by atoms with Crippen LogP contribution in [0.4, 0.5) is 8.78 Å². The highest BCUT2D eigenvalue weighted by Crippen LogP contribution is 2.23. The zero-order valence-electron chi connectivity index (χ0n) is 13.8. The second-order valence-electron chi connectivity index (χ2n) is 5.60. The molecule has 0 saturated heterocycles. The molecule has 0 saturated carbocycles. The molecule has 0 aliphatic heterocycles. The summed E-state index contributed by atoms with van der Waals surface area (Å²) in [5, 5.41) is 9.36. The van der Waals surface area contributed by atoms with E-state index in [0.717, 1.165) is 0 Å². The highest BCUT2D eigenvalue weighted by Gasteiger charge is 2.07. The number of nitrogens with zero attached hydrogens (tertiary/aromatic N) is 1. The van der Waals surface area contributed by atoms with E-state index in [1.165, 1.54) is 12.1 Å². The Balaban J connectivity index is 1.82. The first kappa shape index (κ1) is 17.4. The predicted molar refractivity (Wildman–Crippen MR) is 97.1 cm³/mol. The van der Waals surface area contributed by atoms with Crippen molar-refractivity contribution in [1.82, 2.24) is 0 Å². The van der Waals surface area contributed by atoms with Gasteiger partial charge in [0.2, 0.25) is 0 Å². The second kappa shape index (κ2) is 8.09. The molecule has 0 aromatic heterocycles. The lowest BCUT2D eigenvalue weighted by Gasteiger charge is -2.08. The summed E-state index contributed by atoms with van der Waals surface area (Å²) >= 11 is 0. The molecular weight excluding hydrogens is 332 g/mol. The number of rotatable bonds is 5. The Hall–Kier alpha value is -3.45. The quantitative estimate of drug-likeness (QED) is 0.444. The van der Waals surface area contributed by atoms with Crippen LogP contribution in [0.1, 0.15) is 16.7 Å². The van der Waals surface area contributed by atoms with Crippen LogP contribution >= 0.6 is 0 Å². The van der Waals surface area contributed by atoms with Gasteiger partial charge in [-0.1, -0.05) is 48.5 Å². The number of hydrogen-bond acceptors (Lipinski definition) is 2. The van der Waals surface area contributed by atoms with Crippen molar-refractivity contribution in [2.24, 2.45) is 0 Å². The molecule has 26 heavy (non-hydrogen) atoms. The van der Waals surface area contributed by atoms with Gasteiger partial charge in [0.1, 0.15) is 24.0 Å². The topological polar surface area (TPSA) is 33.0 Å². The average Bonchev–Trinajstić information content (AvgIpc) is 2.66. The lowest BCUT2D eigenvalue weighted by Crippen LogP contribution is -1.98. The van der Waals surface area contributed by atoms with Gasteiger partial charge < -0.3 is 4.74 Å². The van der Waals surface area contributed by atoms with E-state index in [9.17, 15) is 14.0 Å². The lowest BCUT2D eigenvalue weighted by molar-refractivity contribution is 0.300. The fraction of sp³-hybridized carbons (Fsp3) is 0.0455. The standard InChI is InChI=1S/C22H15F2NO/c23-21-10-3-1-7-17(21)15-26-19-8-5-6-16(13-19)12-18(14-25)20-9-2-4-11-22(20)24/h1-13H,15H2. The van der Waals surface area contributed by atoms with Gasteiger partial charge in [0.25, 0.3) is 0 Å². The molecule has 0 fully saturated rings. The summed E-state index contributed by atoms with van der Waals surface area (Å²) in [5.41, 5.74) is 1.61. The highest BCUT2D eigenvalue weighted by atomic mass is 19.1. The van der Waals surface area contributed by atoms with Crippen LogP contribution in [-0.4, -0.2) is 0 Å². The molecular formula is C22H15F2NO. The van der Waals surface area contributed by atoms with Crippen LogP contribution in [0.5, 0.6) is 5.75 Å². The first-order valence-corrected chi connectivity index (χ1v) is 8.00. The molecule has 0 amide bonds. The van der Waals surface area contributed by atoms with E-state index in [2.05, 4.69) is 0 Å². The van der Waals surface area contributed by atoms with Gasteiger partial charge >= 0.3 is 0 Å². The van der Waals surface area contributed by atoms with Gasteiger partial charge in [-0.15, -0.1) is 0 Å². The van der Waals surface area contributed by atoms with E-state index in [4.69, 9.17) is 4.74 Å². The van der Waals surface area contributed by atoms with Crippen LogP contribution in [0.15, 0.2) is 72.8 Å². The van der Waals surface area contributed by atoms with Gasteiger partial charge in [0.05, 0.1) is 11.6 Å². The molecule has 0 unspecified atom stereocenters. The van der Waals surface area contributed by atoms with Gasteiger partial charge in [-0.25, -0.2) is 8.78 Å². The van der Waals surface area contributed by atoms with Crippen LogP contribution < -0.4 is 4.74 Å². The summed E-state index contributed by atoms with van der Waals surface area (Å²) in [6.07, 6.45) is 1.59. The molecule has 3 aromatic rings. The number of halogens is 2. The normalized spacial score (nSPS) is 11.0. The van der Waals surface area contributed by atoms with E-state index >= 15 is 0 Å². The number of nitriles is 1. The van der Waals surface area contributed by atoms with Crippen molar-refractivity contribution in [3.63, 3.8) is 0 Å². The Morgan fingerprint density at radius 1 is 0.923 bits per heavy atom. The predicted octanol–water partition coefficient (Wildman–Crippen LogP) is 5.61. The molecule has 128 valence electrons. The van der Waals surface area contributed by atoms with E-state index < -0.39 is 5.82 Å². The van der Waals surface area contributed by atoms with Gasteiger partial charge in [0.15, 0.2) is 0 Å². The Kier molecular flexibility index (Phi) is 5.40. The van der Waals surface area contributed by atoms with Crippen LogP contribution in [-0.2, 0) is 6.61 Å². The van der Waals surface area contributed by atoms with Crippen molar-refractivity contribution >= 4 is 11.6 Å². The Morgan fingerprint density at radius 3 is 2.38 bits per heavy atom. The van der Waals surface area contributed by atoms with Gasteiger partial charge in [0, 0.05) is 11.1 Å². The molecule has 4 heteroatoms. The molecule has 0 radical (unpaired) electrons. The van der Waals surface area contributed by atoms with Crippen LogP contribution in [0.2, 0.25) is 0 Å². The van der Waals surface area contributed by atoms with Crippen LogP contribution in [0.3, 0.4) is 0 Å². The minimum absolute atomic E-state index is 0.0955. The molecule has 0 aliphatic carbocycles. The van der Waals surface area contributed by atoms with Crippen molar-refractivity contribution in [3.8, 4) is 11.8 Å². The summed E-state index contributed by atoms with van der Waals surface area (Å²) in [4.78, 5) is 0. The molecule has 3 rings (SSSR count). The third-order valence-corrected chi connectivity index (χ3v) is 3.81. The van der Waals surface area contributed by atoms with Crippen molar-refractivity contribution in [2.45, 2.75) is 6.61 Å². The molecule has 2 nitrogen and oxygen atoms in total. The summed E-state index contributed by atoms with van der Waals surface area (Å²) < 4.78 is 33.2. The maximum absolute atomic E-state index is 13.9. The second-order valence-corrected chi connectivity index (χ2v) is 5.60. The number of allylic oxidation sites excluding steroid dienone is 1. The van der Waals surface area contributed by atoms with E-state index in [0.29, 0.717) is 16.9 Å². The largest absolute Gasteiger partial charge is 0.489 e. The minimum Gasteiger partial charge on any atom is -0.489 e. The Bertz CT molecular complexity index is 989. The molecule has 0 atom stereocenters. The van der Waals surface area contributed by atoms with Crippen LogP contribution in [0, 0.1) is 23.0 Å². The maximum atomic E-state index is 13.9. The third kappa shape index (κ3) is 4.14. The molecule has 0 aliphatic rings. The lowest BCUT2D eigenvalue weighted by atomic mass is 10.0. The highest BCUT2D eigenvalue weighted by molar-refractivity contribution is 5.89. The summed E-state index contributed by atoms with van der Waals surface area (Å²) in [6.45, 7) is 0.0955. The third-order valence-electron chi connectivity index (χ3n) is 3.81. The van der Waals surface area contributed by atoms with Gasteiger partial charge in [-0.3, -0.25) is 0 Å². The minimum atomic E-state index is -0.452. The van der Waals surface area contributed by atoms with E-state index in [1.54, 1.807) is 66.7 Å². The first-order valence-electron chi connectivity index (χ1n) is 8.00. The van der Waals surface area contributed by atoms with Crippen molar-refractivity contribution in [3.05, 3.63) is 101 Å². The number of benzene rings is 3. The zero-order valence-corrected chi connectivity index (χ0v) is 13.8. The smallest absolute Gasteiger partial charge is 0.131 e. The van der Waals surface area contributed by atoms with Crippen molar-refractivity contribution in [1.29, 1.82) is 5.26 Å². The fourth-order valence-corrected chi connectivity index (χ4v) is 2.49. The fourth-order valence-electron chi connectivity index (χ4n) is 2.49. The Labute approximate surface area is 150 Å². The monoisotopic (exact) mass is 347 g/mol. The van der Waals surface area contributed by atoms with E-state index in [1.807, 2.05) is 6.07 Å². The average molecular weight is 347 g/mol. The summed E-state index contributed by atoms with van der Waals surface area (Å²) in [5.74, 6) is -0.241. The number of ether oxygens (including phenoxy) is 1. The van der Waals surface area contributed by atoms with Gasteiger partial charge in [-0.2, -0.15) is 5.26 Å². The van der Waals surface area contributed by atoms with Gasteiger partial charge in [-0.05, 0) is 35.9 Å². The SMILES string of the molecule is N#CC(=Cc1cccc(OCc2ccccc2F)c1)c1ccccc1F. The van der Waals surface area contributed by atoms with Crippen LogP contribution in [0.25, 0.3) is 11.6 Å². The summed E-state index contributed by atoms with van der Waals surface area (Å²) in [7, 11) is 0. The van der Waals surface area contributed by atoms with E-state index in [-0.39, 0.29) is 23.6 Å². The molecule has 0 heterocycles. The maximum Gasteiger partial charge on any atom is 0.131 e. The van der Waals surface area contributed by atoms with Crippen molar-refractivity contribution < 1.29 is 13.5 Å². The molecule has 0 N–H and O–H groups in total.